The number of aromatic nitrogens is 1. The first kappa shape index (κ1) is 17.1. The molecule has 1 heterocycles. The van der Waals surface area contributed by atoms with Crippen molar-refractivity contribution in [3.8, 4) is 0 Å². The second-order valence-corrected chi connectivity index (χ2v) is 5.34. The topological polar surface area (TPSA) is 70.3 Å². The number of aliphatic carboxylic acids is 1. The van der Waals surface area contributed by atoms with Gasteiger partial charge in [0.15, 0.2) is 12.4 Å². The standard InChI is InChI=1S/C16H24N2O3/c1-3-13(2)15(16(20)21)17-14(19)9-5-8-12-18-10-6-4-7-11-18/h4,6-7,10-11,13,15H,3,5,8-9,12H2,1-2H3,(H-,17,19,20,21)/p+1. The Morgan fingerprint density at radius 2 is 1.86 bits per heavy atom. The minimum Gasteiger partial charge on any atom is -0.480 e. The minimum absolute atomic E-state index is 0.0636. The van der Waals surface area contributed by atoms with Gasteiger partial charge in [0.25, 0.3) is 0 Å². The first-order valence-electron chi connectivity index (χ1n) is 7.50. The van der Waals surface area contributed by atoms with E-state index in [1.165, 1.54) is 0 Å². The van der Waals surface area contributed by atoms with E-state index in [4.69, 9.17) is 5.11 Å². The Balaban J connectivity index is 2.28. The van der Waals surface area contributed by atoms with Crippen molar-refractivity contribution in [2.24, 2.45) is 5.92 Å². The molecule has 2 atom stereocenters. The van der Waals surface area contributed by atoms with Crippen molar-refractivity contribution in [3.63, 3.8) is 0 Å². The van der Waals surface area contributed by atoms with Gasteiger partial charge in [-0.15, -0.1) is 0 Å². The van der Waals surface area contributed by atoms with Crippen LogP contribution in [0.3, 0.4) is 0 Å². The molecule has 0 bridgehead atoms. The van der Waals surface area contributed by atoms with Crippen molar-refractivity contribution in [2.75, 3.05) is 0 Å². The molecule has 1 aromatic rings. The van der Waals surface area contributed by atoms with Crippen LogP contribution in [0.1, 0.15) is 39.5 Å². The van der Waals surface area contributed by atoms with E-state index >= 15 is 0 Å². The van der Waals surface area contributed by atoms with Crippen LogP contribution >= 0.6 is 0 Å². The zero-order chi connectivity index (χ0) is 15.7. The summed E-state index contributed by atoms with van der Waals surface area (Å²) in [5.41, 5.74) is 0. The maximum absolute atomic E-state index is 11.8. The molecule has 0 saturated carbocycles. The third-order valence-electron chi connectivity index (χ3n) is 3.64. The van der Waals surface area contributed by atoms with Crippen LogP contribution in [0.4, 0.5) is 0 Å². The third-order valence-corrected chi connectivity index (χ3v) is 3.64. The van der Waals surface area contributed by atoms with Gasteiger partial charge in [-0.1, -0.05) is 26.3 Å². The molecule has 0 radical (unpaired) electrons. The van der Waals surface area contributed by atoms with Crippen molar-refractivity contribution < 1.29 is 19.3 Å². The molecule has 2 unspecified atom stereocenters. The molecule has 5 heteroatoms. The van der Waals surface area contributed by atoms with Gasteiger partial charge in [-0.25, -0.2) is 9.36 Å². The number of unbranched alkanes of at least 4 members (excludes halogenated alkanes) is 1. The molecule has 5 nitrogen and oxygen atoms in total. The summed E-state index contributed by atoms with van der Waals surface area (Å²) < 4.78 is 2.07. The number of hydrogen-bond donors (Lipinski definition) is 2. The molecule has 0 saturated heterocycles. The molecule has 2 N–H and O–H groups in total. The summed E-state index contributed by atoms with van der Waals surface area (Å²) in [6.07, 6.45) is 6.71. The van der Waals surface area contributed by atoms with Crippen molar-refractivity contribution in [1.82, 2.24) is 5.32 Å². The van der Waals surface area contributed by atoms with Crippen molar-refractivity contribution in [3.05, 3.63) is 30.6 Å². The zero-order valence-corrected chi connectivity index (χ0v) is 12.8. The number of hydrogen-bond acceptors (Lipinski definition) is 2. The van der Waals surface area contributed by atoms with Crippen molar-refractivity contribution in [2.45, 2.75) is 52.1 Å². The Hall–Kier alpha value is -1.91. The Bertz CT molecular complexity index is 448. The van der Waals surface area contributed by atoms with E-state index in [-0.39, 0.29) is 11.8 Å². The van der Waals surface area contributed by atoms with Gasteiger partial charge in [0.05, 0.1) is 0 Å². The number of carboxylic acids is 1. The number of carboxylic acid groups (broad SMARTS) is 1. The maximum atomic E-state index is 11.8. The van der Waals surface area contributed by atoms with E-state index < -0.39 is 12.0 Å². The van der Waals surface area contributed by atoms with Gasteiger partial charge in [0.1, 0.15) is 12.6 Å². The SMILES string of the molecule is CCC(C)C(NC(=O)CCCC[n+]1ccccc1)C(=O)O. The highest BCUT2D eigenvalue weighted by molar-refractivity contribution is 5.83. The highest BCUT2D eigenvalue weighted by Crippen LogP contribution is 2.08. The van der Waals surface area contributed by atoms with E-state index in [2.05, 4.69) is 9.88 Å². The fraction of sp³-hybridized carbons (Fsp3) is 0.562. The molecule has 0 aliphatic carbocycles. The second-order valence-electron chi connectivity index (χ2n) is 5.34. The molecule has 1 aromatic heterocycles. The average molecular weight is 293 g/mol. The Kier molecular flexibility index (Phi) is 7.43. The largest absolute Gasteiger partial charge is 0.480 e. The van der Waals surface area contributed by atoms with Gasteiger partial charge in [0, 0.05) is 25.0 Å². The molecular weight excluding hydrogens is 268 g/mol. The number of rotatable bonds is 9. The van der Waals surface area contributed by atoms with E-state index in [9.17, 15) is 9.59 Å². The molecule has 0 fully saturated rings. The Morgan fingerprint density at radius 1 is 1.19 bits per heavy atom. The summed E-state index contributed by atoms with van der Waals surface area (Å²) >= 11 is 0. The number of amides is 1. The quantitative estimate of drug-likeness (QED) is 0.538. The van der Waals surface area contributed by atoms with E-state index in [0.29, 0.717) is 6.42 Å². The highest BCUT2D eigenvalue weighted by atomic mass is 16.4. The van der Waals surface area contributed by atoms with Crippen LogP contribution < -0.4 is 9.88 Å². The molecular formula is C16H25N2O3+. The lowest BCUT2D eigenvalue weighted by molar-refractivity contribution is -0.697. The van der Waals surface area contributed by atoms with Crippen LogP contribution in [0, 0.1) is 5.92 Å². The second kappa shape index (κ2) is 9.10. The lowest BCUT2D eigenvalue weighted by atomic mass is 9.99. The molecule has 1 amide bonds. The molecule has 1 rings (SSSR count). The number of nitrogens with zero attached hydrogens (tertiary/aromatic N) is 1. The molecule has 0 spiro atoms. The number of pyridine rings is 1. The molecule has 0 aliphatic heterocycles. The van der Waals surface area contributed by atoms with Crippen LogP contribution in [-0.4, -0.2) is 23.0 Å². The van der Waals surface area contributed by atoms with Crippen LogP contribution in [0.5, 0.6) is 0 Å². The van der Waals surface area contributed by atoms with Gasteiger partial charge in [-0.05, 0) is 12.3 Å². The third kappa shape index (κ3) is 6.38. The van der Waals surface area contributed by atoms with Crippen molar-refractivity contribution in [1.29, 1.82) is 0 Å². The van der Waals surface area contributed by atoms with Gasteiger partial charge in [-0.2, -0.15) is 0 Å². The number of aryl methyl sites for hydroxylation is 1. The lowest BCUT2D eigenvalue weighted by Crippen LogP contribution is -2.45. The first-order valence-corrected chi connectivity index (χ1v) is 7.50. The Labute approximate surface area is 126 Å². The summed E-state index contributed by atoms with van der Waals surface area (Å²) in [4.78, 5) is 22.9. The van der Waals surface area contributed by atoms with Crippen LogP contribution in [0.2, 0.25) is 0 Å². The predicted octanol–water partition coefficient (Wildman–Crippen LogP) is 1.76. The monoisotopic (exact) mass is 293 g/mol. The molecule has 0 aliphatic rings. The van der Waals surface area contributed by atoms with E-state index in [0.717, 1.165) is 25.8 Å². The number of nitrogens with one attached hydrogen (secondary N) is 1. The first-order chi connectivity index (χ1) is 10.0. The van der Waals surface area contributed by atoms with Gasteiger partial charge in [-0.3, -0.25) is 4.79 Å². The van der Waals surface area contributed by atoms with E-state index in [1.54, 1.807) is 0 Å². The van der Waals surface area contributed by atoms with Gasteiger partial charge >= 0.3 is 5.97 Å². The minimum atomic E-state index is -0.961. The molecule has 0 aromatic carbocycles. The van der Waals surface area contributed by atoms with Crippen LogP contribution in [-0.2, 0) is 16.1 Å². The molecule has 116 valence electrons. The van der Waals surface area contributed by atoms with Crippen molar-refractivity contribution >= 4 is 11.9 Å². The summed E-state index contributed by atoms with van der Waals surface area (Å²) in [6, 6.07) is 5.11. The highest BCUT2D eigenvalue weighted by Gasteiger charge is 2.24. The number of carbonyl (C=O) groups is 2. The summed E-state index contributed by atoms with van der Waals surface area (Å²) in [7, 11) is 0. The lowest BCUT2D eigenvalue weighted by Gasteiger charge is -2.20. The van der Waals surface area contributed by atoms with Gasteiger partial charge in [0.2, 0.25) is 5.91 Å². The van der Waals surface area contributed by atoms with Crippen LogP contribution in [0.15, 0.2) is 30.6 Å². The van der Waals surface area contributed by atoms with E-state index in [1.807, 2.05) is 44.4 Å². The smallest absolute Gasteiger partial charge is 0.326 e. The average Bonchev–Trinajstić information content (AvgIpc) is 2.49. The van der Waals surface area contributed by atoms with Gasteiger partial charge < -0.3 is 10.4 Å². The summed E-state index contributed by atoms with van der Waals surface area (Å²) in [5.74, 6) is -1.20. The fourth-order valence-corrected chi connectivity index (χ4v) is 2.09. The zero-order valence-electron chi connectivity index (χ0n) is 12.8. The summed E-state index contributed by atoms with van der Waals surface area (Å²) in [5, 5.41) is 11.7. The normalized spacial score (nSPS) is 13.4. The molecule has 21 heavy (non-hydrogen) atoms. The maximum Gasteiger partial charge on any atom is 0.326 e. The van der Waals surface area contributed by atoms with Crippen LogP contribution in [0.25, 0.3) is 0 Å². The summed E-state index contributed by atoms with van der Waals surface area (Å²) in [6.45, 7) is 4.62. The predicted molar refractivity (Wildman–Crippen MR) is 79.5 cm³/mol. The fourth-order valence-electron chi connectivity index (χ4n) is 2.09. The Morgan fingerprint density at radius 3 is 2.43 bits per heavy atom. The number of carbonyl (C=O) groups excluding carboxylic acids is 1.